The van der Waals surface area contributed by atoms with E-state index in [9.17, 15) is 0 Å². The zero-order valence-corrected chi connectivity index (χ0v) is 13.0. The number of fused-ring (bicyclic) bond motifs is 1. The molecule has 0 saturated heterocycles. The minimum Gasteiger partial charge on any atom is -0.497 e. The van der Waals surface area contributed by atoms with Gasteiger partial charge in [-0.1, -0.05) is 51.1 Å². The van der Waals surface area contributed by atoms with Crippen molar-refractivity contribution in [3.63, 3.8) is 0 Å². The molecule has 0 atom stereocenters. The summed E-state index contributed by atoms with van der Waals surface area (Å²) in [6, 6.07) is 16.9. The Morgan fingerprint density at radius 3 is 2.29 bits per heavy atom. The van der Waals surface area contributed by atoms with Gasteiger partial charge in [-0.15, -0.1) is 0 Å². The summed E-state index contributed by atoms with van der Waals surface area (Å²) in [4.78, 5) is 3.60. The quantitative estimate of drug-likeness (QED) is 0.690. The van der Waals surface area contributed by atoms with Crippen molar-refractivity contribution in [1.82, 2.24) is 4.98 Å². The standard InChI is InChI=1S/C19H21NO/c1-19(2,3)17-12-14-6-5-7-16(18(14)20-17)13-8-10-15(21-4)11-9-13/h5-12,20H,1-4H3. The van der Waals surface area contributed by atoms with Crippen molar-refractivity contribution in [3.05, 3.63) is 54.2 Å². The van der Waals surface area contributed by atoms with E-state index in [2.05, 4.69) is 62.2 Å². The Kier molecular flexibility index (Phi) is 3.25. The Hall–Kier alpha value is -2.22. The van der Waals surface area contributed by atoms with E-state index in [0.717, 1.165) is 5.75 Å². The minimum absolute atomic E-state index is 0.121. The third-order valence-corrected chi connectivity index (χ3v) is 3.87. The molecule has 1 aromatic heterocycles. The predicted molar refractivity (Wildman–Crippen MR) is 89.0 cm³/mol. The maximum Gasteiger partial charge on any atom is 0.118 e. The molecule has 0 bridgehead atoms. The third kappa shape index (κ3) is 2.54. The highest BCUT2D eigenvalue weighted by atomic mass is 16.5. The number of rotatable bonds is 2. The topological polar surface area (TPSA) is 25.0 Å². The van der Waals surface area contributed by atoms with E-state index in [0.29, 0.717) is 0 Å². The summed E-state index contributed by atoms with van der Waals surface area (Å²) in [6.45, 7) is 6.68. The first-order valence-electron chi connectivity index (χ1n) is 7.26. The van der Waals surface area contributed by atoms with Gasteiger partial charge < -0.3 is 9.72 Å². The highest BCUT2D eigenvalue weighted by molar-refractivity contribution is 5.94. The number of nitrogens with one attached hydrogen (secondary N) is 1. The second kappa shape index (κ2) is 4.96. The largest absolute Gasteiger partial charge is 0.497 e. The number of benzene rings is 2. The molecule has 0 aliphatic carbocycles. The minimum atomic E-state index is 0.121. The number of methoxy groups -OCH3 is 1. The maximum absolute atomic E-state index is 5.23. The normalized spacial score (nSPS) is 11.8. The van der Waals surface area contributed by atoms with Crippen LogP contribution in [0, 0.1) is 0 Å². The Labute approximate surface area is 125 Å². The first-order chi connectivity index (χ1) is 9.99. The molecule has 108 valence electrons. The van der Waals surface area contributed by atoms with Crippen molar-refractivity contribution in [1.29, 1.82) is 0 Å². The summed E-state index contributed by atoms with van der Waals surface area (Å²) in [5.41, 5.74) is 5.01. The first-order valence-corrected chi connectivity index (χ1v) is 7.26. The van der Waals surface area contributed by atoms with Crippen LogP contribution in [0.4, 0.5) is 0 Å². The van der Waals surface area contributed by atoms with E-state index in [1.165, 1.54) is 27.7 Å². The second-order valence-electron chi connectivity index (χ2n) is 6.43. The Bertz CT molecular complexity index is 760. The van der Waals surface area contributed by atoms with Crippen molar-refractivity contribution >= 4 is 10.9 Å². The fraction of sp³-hybridized carbons (Fsp3) is 0.263. The molecule has 0 spiro atoms. The number of para-hydroxylation sites is 1. The number of aromatic amines is 1. The molecular formula is C19H21NO. The van der Waals surface area contributed by atoms with Crippen LogP contribution in [0.15, 0.2) is 48.5 Å². The van der Waals surface area contributed by atoms with Gasteiger partial charge in [-0.2, -0.15) is 0 Å². The Morgan fingerprint density at radius 1 is 0.952 bits per heavy atom. The van der Waals surface area contributed by atoms with Crippen LogP contribution in [0.5, 0.6) is 5.75 Å². The zero-order chi connectivity index (χ0) is 15.0. The molecule has 3 rings (SSSR count). The van der Waals surface area contributed by atoms with Crippen LogP contribution in [-0.4, -0.2) is 12.1 Å². The zero-order valence-electron chi connectivity index (χ0n) is 13.0. The van der Waals surface area contributed by atoms with Gasteiger partial charge >= 0.3 is 0 Å². The highest BCUT2D eigenvalue weighted by Gasteiger charge is 2.17. The SMILES string of the molecule is COc1ccc(-c2cccc3cc(C(C)(C)C)[nH]c23)cc1. The first kappa shape index (κ1) is 13.7. The molecule has 21 heavy (non-hydrogen) atoms. The van der Waals surface area contributed by atoms with Gasteiger partial charge in [-0.25, -0.2) is 0 Å². The van der Waals surface area contributed by atoms with Gasteiger partial charge in [0.15, 0.2) is 0 Å². The number of ether oxygens (including phenoxy) is 1. The van der Waals surface area contributed by atoms with Crippen LogP contribution < -0.4 is 4.74 Å². The molecule has 0 aliphatic heterocycles. The van der Waals surface area contributed by atoms with E-state index in [1.807, 2.05) is 12.1 Å². The Morgan fingerprint density at radius 2 is 1.67 bits per heavy atom. The summed E-state index contributed by atoms with van der Waals surface area (Å²) < 4.78 is 5.23. The van der Waals surface area contributed by atoms with Gasteiger partial charge in [0.25, 0.3) is 0 Å². The average molecular weight is 279 g/mol. The van der Waals surface area contributed by atoms with Gasteiger partial charge in [-0.3, -0.25) is 0 Å². The van der Waals surface area contributed by atoms with E-state index >= 15 is 0 Å². The van der Waals surface area contributed by atoms with E-state index in [4.69, 9.17) is 4.74 Å². The summed E-state index contributed by atoms with van der Waals surface area (Å²) in [6.07, 6.45) is 0. The number of hydrogen-bond acceptors (Lipinski definition) is 1. The van der Waals surface area contributed by atoms with Crippen LogP contribution in [0.25, 0.3) is 22.0 Å². The Balaban J connectivity index is 2.15. The molecule has 2 aromatic carbocycles. The summed E-state index contributed by atoms with van der Waals surface area (Å²) >= 11 is 0. The van der Waals surface area contributed by atoms with Crippen molar-refractivity contribution in [2.75, 3.05) is 7.11 Å². The fourth-order valence-electron chi connectivity index (χ4n) is 2.57. The van der Waals surface area contributed by atoms with Gasteiger partial charge in [0.2, 0.25) is 0 Å². The molecule has 1 N–H and O–H groups in total. The van der Waals surface area contributed by atoms with Crippen molar-refractivity contribution in [3.8, 4) is 16.9 Å². The fourth-order valence-corrected chi connectivity index (χ4v) is 2.57. The van der Waals surface area contributed by atoms with Gasteiger partial charge in [0, 0.05) is 22.1 Å². The molecular weight excluding hydrogens is 258 g/mol. The highest BCUT2D eigenvalue weighted by Crippen LogP contribution is 2.32. The summed E-state index contributed by atoms with van der Waals surface area (Å²) in [7, 11) is 1.69. The van der Waals surface area contributed by atoms with Gasteiger partial charge in [0.1, 0.15) is 5.75 Å². The molecule has 2 nitrogen and oxygen atoms in total. The molecule has 1 heterocycles. The molecule has 0 radical (unpaired) electrons. The average Bonchev–Trinajstić information content (AvgIpc) is 2.91. The molecule has 0 fully saturated rings. The molecule has 0 aliphatic rings. The van der Waals surface area contributed by atoms with Crippen LogP contribution in [0.3, 0.4) is 0 Å². The van der Waals surface area contributed by atoms with Crippen LogP contribution >= 0.6 is 0 Å². The van der Waals surface area contributed by atoms with Gasteiger partial charge in [0.05, 0.1) is 12.6 Å². The van der Waals surface area contributed by atoms with Crippen LogP contribution in [-0.2, 0) is 5.41 Å². The number of aromatic nitrogens is 1. The van der Waals surface area contributed by atoms with Crippen LogP contribution in [0.1, 0.15) is 26.5 Å². The smallest absolute Gasteiger partial charge is 0.118 e. The lowest BCUT2D eigenvalue weighted by atomic mass is 9.92. The molecule has 0 unspecified atom stereocenters. The molecule has 2 heteroatoms. The number of H-pyrrole nitrogens is 1. The lowest BCUT2D eigenvalue weighted by molar-refractivity contribution is 0.415. The maximum atomic E-state index is 5.23. The second-order valence-corrected chi connectivity index (χ2v) is 6.43. The molecule has 0 amide bonds. The lowest BCUT2D eigenvalue weighted by Gasteiger charge is -2.15. The molecule has 0 saturated carbocycles. The van der Waals surface area contributed by atoms with Crippen molar-refractivity contribution in [2.45, 2.75) is 26.2 Å². The van der Waals surface area contributed by atoms with E-state index < -0.39 is 0 Å². The van der Waals surface area contributed by atoms with Crippen molar-refractivity contribution in [2.24, 2.45) is 0 Å². The van der Waals surface area contributed by atoms with Gasteiger partial charge in [-0.05, 0) is 23.8 Å². The summed E-state index contributed by atoms with van der Waals surface area (Å²) in [5, 5.41) is 1.26. The predicted octanol–water partition coefficient (Wildman–Crippen LogP) is 5.14. The lowest BCUT2D eigenvalue weighted by Crippen LogP contribution is -2.11. The monoisotopic (exact) mass is 279 g/mol. The van der Waals surface area contributed by atoms with E-state index in [1.54, 1.807) is 7.11 Å². The van der Waals surface area contributed by atoms with Crippen molar-refractivity contribution < 1.29 is 4.74 Å². The van der Waals surface area contributed by atoms with E-state index in [-0.39, 0.29) is 5.41 Å². The van der Waals surface area contributed by atoms with Crippen LogP contribution in [0.2, 0.25) is 0 Å². The summed E-state index contributed by atoms with van der Waals surface area (Å²) in [5.74, 6) is 0.882. The molecule has 3 aromatic rings. The third-order valence-electron chi connectivity index (χ3n) is 3.87. The number of hydrogen-bond donors (Lipinski definition) is 1.